The Hall–Kier alpha value is -1.68. The lowest BCUT2D eigenvalue weighted by molar-refractivity contribution is 0.112. The van der Waals surface area contributed by atoms with Crippen molar-refractivity contribution in [1.29, 1.82) is 0 Å². The Kier molecular flexibility index (Phi) is 3.01. The Labute approximate surface area is 97.7 Å². The lowest BCUT2D eigenvalue weighted by Gasteiger charge is -2.04. The molecule has 1 heterocycles. The molecule has 2 aromatic rings. The number of rotatable bonds is 3. The molecule has 2 rings (SSSR count). The minimum absolute atomic E-state index is 0.605. The maximum Gasteiger partial charge on any atom is 0.150 e. The van der Waals surface area contributed by atoms with Crippen LogP contribution >= 0.6 is 11.3 Å². The van der Waals surface area contributed by atoms with E-state index in [4.69, 9.17) is 4.74 Å². The number of methoxy groups -OCH3 is 1. The molecule has 1 aromatic carbocycles. The molecule has 0 spiro atoms. The van der Waals surface area contributed by atoms with E-state index >= 15 is 0 Å². The van der Waals surface area contributed by atoms with Gasteiger partial charge in [-0.2, -0.15) is 0 Å². The number of ether oxygens (including phenoxy) is 1. The van der Waals surface area contributed by atoms with Gasteiger partial charge in [-0.25, -0.2) is 4.98 Å². The fourth-order valence-electron chi connectivity index (χ4n) is 1.44. The summed E-state index contributed by atoms with van der Waals surface area (Å²) in [7, 11) is 1.58. The van der Waals surface area contributed by atoms with Crippen molar-refractivity contribution in [2.24, 2.45) is 0 Å². The van der Waals surface area contributed by atoms with E-state index in [0.29, 0.717) is 11.3 Å². The van der Waals surface area contributed by atoms with E-state index in [0.717, 1.165) is 21.7 Å². The lowest BCUT2D eigenvalue weighted by atomic mass is 10.1. The monoisotopic (exact) mass is 233 g/mol. The van der Waals surface area contributed by atoms with Crippen molar-refractivity contribution in [2.75, 3.05) is 7.11 Å². The summed E-state index contributed by atoms with van der Waals surface area (Å²) >= 11 is 1.57. The van der Waals surface area contributed by atoms with Crippen LogP contribution in [-0.2, 0) is 0 Å². The Morgan fingerprint density at radius 1 is 1.44 bits per heavy atom. The van der Waals surface area contributed by atoms with Gasteiger partial charge in [0.2, 0.25) is 0 Å². The summed E-state index contributed by atoms with van der Waals surface area (Å²) in [5, 5.41) is 0.863. The number of aldehydes is 1. The van der Waals surface area contributed by atoms with E-state index in [-0.39, 0.29) is 0 Å². The third kappa shape index (κ3) is 1.97. The second kappa shape index (κ2) is 4.45. The molecular weight excluding hydrogens is 222 g/mol. The van der Waals surface area contributed by atoms with Crippen molar-refractivity contribution in [2.45, 2.75) is 6.92 Å². The fourth-order valence-corrected chi connectivity index (χ4v) is 2.25. The summed E-state index contributed by atoms with van der Waals surface area (Å²) in [5.74, 6) is 0.680. The van der Waals surface area contributed by atoms with E-state index in [1.807, 2.05) is 19.1 Å². The van der Waals surface area contributed by atoms with Gasteiger partial charge in [0.1, 0.15) is 10.8 Å². The molecule has 0 saturated carbocycles. The van der Waals surface area contributed by atoms with E-state index in [1.165, 1.54) is 0 Å². The van der Waals surface area contributed by atoms with Crippen molar-refractivity contribution < 1.29 is 9.53 Å². The van der Waals surface area contributed by atoms with E-state index in [2.05, 4.69) is 4.98 Å². The zero-order valence-corrected chi connectivity index (χ0v) is 9.88. The van der Waals surface area contributed by atoms with Crippen LogP contribution in [-0.4, -0.2) is 18.4 Å². The number of hydrogen-bond acceptors (Lipinski definition) is 4. The Morgan fingerprint density at radius 2 is 2.25 bits per heavy atom. The van der Waals surface area contributed by atoms with Gasteiger partial charge in [0.25, 0.3) is 0 Å². The molecule has 0 unspecified atom stereocenters. The topological polar surface area (TPSA) is 39.2 Å². The number of carbonyl (C=O) groups excluding carboxylic acids is 1. The van der Waals surface area contributed by atoms with Crippen molar-refractivity contribution >= 4 is 17.6 Å². The molecule has 4 heteroatoms. The average Bonchev–Trinajstić information content (AvgIpc) is 2.74. The highest BCUT2D eigenvalue weighted by Crippen LogP contribution is 2.29. The smallest absolute Gasteiger partial charge is 0.150 e. The van der Waals surface area contributed by atoms with E-state index in [9.17, 15) is 4.79 Å². The molecule has 16 heavy (non-hydrogen) atoms. The van der Waals surface area contributed by atoms with Gasteiger partial charge in [-0.05, 0) is 25.1 Å². The van der Waals surface area contributed by atoms with Crippen LogP contribution in [0.4, 0.5) is 0 Å². The maximum absolute atomic E-state index is 11.0. The maximum atomic E-state index is 11.0. The second-order valence-corrected chi connectivity index (χ2v) is 4.58. The van der Waals surface area contributed by atoms with Crippen molar-refractivity contribution in [3.8, 4) is 16.3 Å². The molecular formula is C12H11NO2S. The number of nitrogens with zero attached hydrogens (tertiary/aromatic N) is 1. The first-order chi connectivity index (χ1) is 7.74. The SMILES string of the molecule is COc1ccc(-c2ncc(C)s2)c(C=O)c1. The van der Waals surface area contributed by atoms with Crippen LogP contribution in [0.15, 0.2) is 24.4 Å². The molecule has 0 aliphatic carbocycles. The van der Waals surface area contributed by atoms with Crippen LogP contribution < -0.4 is 4.74 Å². The molecule has 0 N–H and O–H groups in total. The first-order valence-electron chi connectivity index (χ1n) is 4.80. The summed E-state index contributed by atoms with van der Waals surface area (Å²) in [6, 6.07) is 5.42. The largest absolute Gasteiger partial charge is 0.497 e. The summed E-state index contributed by atoms with van der Waals surface area (Å²) in [4.78, 5) is 16.4. The molecule has 0 bridgehead atoms. The molecule has 1 aromatic heterocycles. The van der Waals surface area contributed by atoms with Gasteiger partial charge in [0.15, 0.2) is 6.29 Å². The second-order valence-electron chi connectivity index (χ2n) is 3.35. The minimum Gasteiger partial charge on any atom is -0.497 e. The van der Waals surface area contributed by atoms with Gasteiger partial charge in [-0.1, -0.05) is 0 Å². The number of carbonyl (C=O) groups is 1. The van der Waals surface area contributed by atoms with Crippen LogP contribution in [0.1, 0.15) is 15.2 Å². The number of thiazole rings is 1. The first-order valence-corrected chi connectivity index (χ1v) is 5.62. The number of aryl methyl sites for hydroxylation is 1. The predicted octanol–water partition coefficient (Wildman–Crippen LogP) is 2.94. The molecule has 3 nitrogen and oxygen atoms in total. The van der Waals surface area contributed by atoms with Gasteiger partial charge < -0.3 is 4.74 Å². The van der Waals surface area contributed by atoms with Crippen LogP contribution in [0.5, 0.6) is 5.75 Å². The molecule has 0 aliphatic heterocycles. The van der Waals surface area contributed by atoms with Crippen LogP contribution in [0.2, 0.25) is 0 Å². The zero-order valence-electron chi connectivity index (χ0n) is 9.06. The molecule has 0 amide bonds. The molecule has 0 fully saturated rings. The summed E-state index contributed by atoms with van der Waals surface area (Å²) < 4.78 is 5.08. The van der Waals surface area contributed by atoms with Crippen molar-refractivity contribution in [3.05, 3.63) is 34.8 Å². The number of hydrogen-bond donors (Lipinski definition) is 0. The van der Waals surface area contributed by atoms with Crippen molar-refractivity contribution in [3.63, 3.8) is 0 Å². The molecule has 0 saturated heterocycles. The third-order valence-corrected chi connectivity index (χ3v) is 3.18. The Bertz CT molecular complexity index is 519. The van der Waals surface area contributed by atoms with Gasteiger partial charge in [-0.3, -0.25) is 4.79 Å². The van der Waals surface area contributed by atoms with E-state index < -0.39 is 0 Å². The third-order valence-electron chi connectivity index (χ3n) is 2.24. The van der Waals surface area contributed by atoms with Gasteiger partial charge >= 0.3 is 0 Å². The highest BCUT2D eigenvalue weighted by Gasteiger charge is 2.09. The number of benzene rings is 1. The quantitative estimate of drug-likeness (QED) is 0.765. The minimum atomic E-state index is 0.605. The number of aromatic nitrogens is 1. The standard InChI is InChI=1S/C12H11NO2S/c1-8-6-13-12(16-8)11-4-3-10(15-2)5-9(11)7-14/h3-7H,1-2H3. The van der Waals surface area contributed by atoms with Crippen LogP contribution in [0.25, 0.3) is 10.6 Å². The summed E-state index contributed by atoms with van der Waals surface area (Å²) in [5.41, 5.74) is 1.46. The zero-order chi connectivity index (χ0) is 11.5. The molecule has 82 valence electrons. The predicted molar refractivity (Wildman–Crippen MR) is 64.2 cm³/mol. The first kappa shape index (κ1) is 10.8. The Balaban J connectivity index is 2.52. The summed E-state index contributed by atoms with van der Waals surface area (Å²) in [6.45, 7) is 1.99. The van der Waals surface area contributed by atoms with Gasteiger partial charge in [-0.15, -0.1) is 11.3 Å². The van der Waals surface area contributed by atoms with Crippen LogP contribution in [0, 0.1) is 6.92 Å². The van der Waals surface area contributed by atoms with E-state index in [1.54, 1.807) is 30.7 Å². The highest BCUT2D eigenvalue weighted by atomic mass is 32.1. The fraction of sp³-hybridized carbons (Fsp3) is 0.167. The van der Waals surface area contributed by atoms with Gasteiger partial charge in [0, 0.05) is 22.2 Å². The van der Waals surface area contributed by atoms with Crippen LogP contribution in [0.3, 0.4) is 0 Å². The normalized spacial score (nSPS) is 10.1. The molecule has 0 aliphatic rings. The van der Waals surface area contributed by atoms with Crippen molar-refractivity contribution in [1.82, 2.24) is 4.98 Å². The Morgan fingerprint density at radius 3 is 2.81 bits per heavy atom. The highest BCUT2D eigenvalue weighted by molar-refractivity contribution is 7.15. The molecule has 0 radical (unpaired) electrons. The summed E-state index contributed by atoms with van der Waals surface area (Å²) in [6.07, 6.45) is 2.63. The van der Waals surface area contributed by atoms with Gasteiger partial charge in [0.05, 0.1) is 7.11 Å². The molecule has 0 atom stereocenters. The average molecular weight is 233 g/mol. The lowest BCUT2D eigenvalue weighted by Crippen LogP contribution is -1.89.